The summed E-state index contributed by atoms with van der Waals surface area (Å²) in [6.07, 6.45) is 4.17. The Morgan fingerprint density at radius 2 is 1.82 bits per heavy atom. The molecule has 2 amide bonds. The third kappa shape index (κ3) is 5.79. The Kier molecular flexibility index (Phi) is 7.07. The van der Waals surface area contributed by atoms with Crippen molar-refractivity contribution in [2.24, 2.45) is 0 Å². The van der Waals surface area contributed by atoms with Crippen LogP contribution in [0.2, 0.25) is 0 Å². The van der Waals surface area contributed by atoms with E-state index >= 15 is 0 Å². The predicted octanol–water partition coefficient (Wildman–Crippen LogP) is 2.96. The molecule has 1 aliphatic rings. The molecule has 0 aliphatic heterocycles. The SMILES string of the molecule is CC(C(=O)NC1CCCC1)N(Cc1ccccc1)C(=O)Cn1nnc(-c2ccc(F)cc2)n1. The summed E-state index contributed by atoms with van der Waals surface area (Å²) in [5.74, 6) is -0.520. The van der Waals surface area contributed by atoms with Crippen molar-refractivity contribution in [3.8, 4) is 11.4 Å². The Morgan fingerprint density at radius 1 is 1.12 bits per heavy atom. The molecule has 0 bridgehead atoms. The zero-order chi connectivity index (χ0) is 23.2. The molecule has 8 nitrogen and oxygen atoms in total. The maximum atomic E-state index is 13.3. The number of nitrogens with zero attached hydrogens (tertiary/aromatic N) is 5. The van der Waals surface area contributed by atoms with Crippen molar-refractivity contribution >= 4 is 11.8 Å². The molecule has 33 heavy (non-hydrogen) atoms. The van der Waals surface area contributed by atoms with Crippen LogP contribution in [-0.2, 0) is 22.7 Å². The maximum absolute atomic E-state index is 13.3. The van der Waals surface area contributed by atoms with Gasteiger partial charge < -0.3 is 10.2 Å². The van der Waals surface area contributed by atoms with Crippen LogP contribution in [-0.4, -0.2) is 49.0 Å². The number of benzene rings is 2. The number of carbonyl (C=O) groups is 2. The number of nitrogens with one attached hydrogen (secondary N) is 1. The van der Waals surface area contributed by atoms with Gasteiger partial charge in [-0.15, -0.1) is 10.2 Å². The standard InChI is InChI=1S/C24H27FN6O2/c1-17(24(33)26-21-9-5-6-10-21)30(15-18-7-3-2-4-8-18)22(32)16-31-28-23(27-29-31)19-11-13-20(25)14-12-19/h2-4,7-8,11-14,17,21H,5-6,9-10,15-16H2,1H3,(H,26,33). The number of carbonyl (C=O) groups excluding carboxylic acids is 2. The largest absolute Gasteiger partial charge is 0.352 e. The zero-order valence-corrected chi connectivity index (χ0v) is 18.5. The Labute approximate surface area is 191 Å². The van der Waals surface area contributed by atoms with Crippen LogP contribution in [0.15, 0.2) is 54.6 Å². The van der Waals surface area contributed by atoms with Crippen LogP contribution in [0.1, 0.15) is 38.2 Å². The highest BCUT2D eigenvalue weighted by Gasteiger charge is 2.29. The minimum atomic E-state index is -0.654. The van der Waals surface area contributed by atoms with Crippen LogP contribution in [0.4, 0.5) is 4.39 Å². The van der Waals surface area contributed by atoms with Gasteiger partial charge >= 0.3 is 0 Å². The highest BCUT2D eigenvalue weighted by atomic mass is 19.1. The first-order chi connectivity index (χ1) is 16.0. The van der Waals surface area contributed by atoms with Crippen LogP contribution in [0.25, 0.3) is 11.4 Å². The van der Waals surface area contributed by atoms with Crippen LogP contribution in [0.3, 0.4) is 0 Å². The molecule has 4 rings (SSSR count). The molecule has 1 unspecified atom stereocenters. The molecule has 9 heteroatoms. The number of amides is 2. The molecule has 1 saturated carbocycles. The van der Waals surface area contributed by atoms with Gasteiger partial charge in [-0.1, -0.05) is 43.2 Å². The Hall–Kier alpha value is -3.62. The first-order valence-electron chi connectivity index (χ1n) is 11.2. The van der Waals surface area contributed by atoms with Crippen molar-refractivity contribution in [2.45, 2.75) is 57.8 Å². The lowest BCUT2D eigenvalue weighted by atomic mass is 10.1. The summed E-state index contributed by atoms with van der Waals surface area (Å²) < 4.78 is 13.2. The van der Waals surface area contributed by atoms with Gasteiger partial charge in [0.1, 0.15) is 18.4 Å². The fourth-order valence-electron chi connectivity index (χ4n) is 3.99. The number of rotatable bonds is 8. The molecule has 1 heterocycles. The van der Waals surface area contributed by atoms with Gasteiger partial charge in [0.2, 0.25) is 17.6 Å². The second kappa shape index (κ2) is 10.3. The lowest BCUT2D eigenvalue weighted by molar-refractivity contribution is -0.141. The molecular formula is C24H27FN6O2. The van der Waals surface area contributed by atoms with E-state index in [1.807, 2.05) is 30.3 Å². The summed E-state index contributed by atoms with van der Waals surface area (Å²) in [6, 6.07) is 14.8. The van der Waals surface area contributed by atoms with Crippen molar-refractivity contribution in [1.29, 1.82) is 0 Å². The summed E-state index contributed by atoms with van der Waals surface area (Å²) in [6.45, 7) is 1.87. The highest BCUT2D eigenvalue weighted by molar-refractivity contribution is 5.87. The molecular weight excluding hydrogens is 423 g/mol. The molecule has 172 valence electrons. The predicted molar refractivity (Wildman–Crippen MR) is 120 cm³/mol. The van der Waals surface area contributed by atoms with Crippen molar-refractivity contribution in [3.05, 3.63) is 66.0 Å². The summed E-state index contributed by atoms with van der Waals surface area (Å²) in [4.78, 5) is 28.9. The Balaban J connectivity index is 1.48. The molecule has 1 aromatic heterocycles. The van der Waals surface area contributed by atoms with Gasteiger partial charge in [-0.25, -0.2) is 4.39 Å². The van der Waals surface area contributed by atoms with Gasteiger partial charge in [-0.3, -0.25) is 9.59 Å². The van der Waals surface area contributed by atoms with Crippen LogP contribution in [0, 0.1) is 5.82 Å². The van der Waals surface area contributed by atoms with Gasteiger partial charge in [0.25, 0.3) is 0 Å². The molecule has 1 atom stereocenters. The summed E-state index contributed by atoms with van der Waals surface area (Å²) in [5, 5.41) is 15.3. The monoisotopic (exact) mass is 450 g/mol. The van der Waals surface area contributed by atoms with E-state index in [4.69, 9.17) is 0 Å². The molecule has 1 aliphatic carbocycles. The Morgan fingerprint density at radius 3 is 2.52 bits per heavy atom. The van der Waals surface area contributed by atoms with Crippen molar-refractivity contribution in [1.82, 2.24) is 30.4 Å². The highest BCUT2D eigenvalue weighted by Crippen LogP contribution is 2.19. The number of aromatic nitrogens is 4. The molecule has 0 spiro atoms. The third-order valence-electron chi connectivity index (χ3n) is 5.90. The first-order valence-corrected chi connectivity index (χ1v) is 11.2. The summed E-state index contributed by atoms with van der Waals surface area (Å²) >= 11 is 0. The first kappa shape index (κ1) is 22.6. The van der Waals surface area contributed by atoms with E-state index in [9.17, 15) is 14.0 Å². The number of hydrogen-bond donors (Lipinski definition) is 1. The van der Waals surface area contributed by atoms with Crippen LogP contribution >= 0.6 is 0 Å². The average molecular weight is 451 g/mol. The fourth-order valence-corrected chi connectivity index (χ4v) is 3.99. The van der Waals surface area contributed by atoms with E-state index in [2.05, 4.69) is 20.7 Å². The van der Waals surface area contributed by atoms with Crippen LogP contribution < -0.4 is 5.32 Å². The van der Waals surface area contributed by atoms with Crippen LogP contribution in [0.5, 0.6) is 0 Å². The number of hydrogen-bond acceptors (Lipinski definition) is 5. The van der Waals surface area contributed by atoms with Gasteiger partial charge in [0.05, 0.1) is 0 Å². The maximum Gasteiger partial charge on any atom is 0.247 e. The summed E-state index contributed by atoms with van der Waals surface area (Å²) in [5.41, 5.74) is 1.52. The van der Waals surface area contributed by atoms with Crippen molar-refractivity contribution in [2.75, 3.05) is 0 Å². The van der Waals surface area contributed by atoms with E-state index in [0.717, 1.165) is 31.2 Å². The number of halogens is 1. The van der Waals surface area contributed by atoms with E-state index in [0.29, 0.717) is 17.9 Å². The van der Waals surface area contributed by atoms with Gasteiger partial charge in [0.15, 0.2) is 0 Å². The van der Waals surface area contributed by atoms with Gasteiger partial charge in [-0.2, -0.15) is 4.80 Å². The molecule has 1 N–H and O–H groups in total. The average Bonchev–Trinajstić information content (AvgIpc) is 3.50. The Bertz CT molecular complexity index is 1080. The number of tetrazole rings is 1. The second-order valence-corrected chi connectivity index (χ2v) is 8.32. The minimum absolute atomic E-state index is 0.162. The van der Waals surface area contributed by atoms with Crippen molar-refractivity contribution < 1.29 is 14.0 Å². The molecule has 0 radical (unpaired) electrons. The molecule has 1 fully saturated rings. The van der Waals surface area contributed by atoms with Gasteiger partial charge in [0, 0.05) is 18.2 Å². The third-order valence-corrected chi connectivity index (χ3v) is 5.90. The molecule has 3 aromatic rings. The van der Waals surface area contributed by atoms with E-state index < -0.39 is 6.04 Å². The molecule has 0 saturated heterocycles. The van der Waals surface area contributed by atoms with Crippen molar-refractivity contribution in [3.63, 3.8) is 0 Å². The smallest absolute Gasteiger partial charge is 0.247 e. The lowest BCUT2D eigenvalue weighted by Crippen LogP contribution is -2.50. The van der Waals surface area contributed by atoms with E-state index in [1.165, 1.54) is 16.9 Å². The minimum Gasteiger partial charge on any atom is -0.352 e. The molecule has 2 aromatic carbocycles. The quantitative estimate of drug-likeness (QED) is 0.570. The fraction of sp³-hybridized carbons (Fsp3) is 0.375. The second-order valence-electron chi connectivity index (χ2n) is 8.32. The topological polar surface area (TPSA) is 93.0 Å². The lowest BCUT2D eigenvalue weighted by Gasteiger charge is -2.29. The van der Waals surface area contributed by atoms with E-state index in [1.54, 1.807) is 24.0 Å². The zero-order valence-electron chi connectivity index (χ0n) is 18.5. The van der Waals surface area contributed by atoms with Gasteiger partial charge in [-0.05, 0) is 54.8 Å². The van der Waals surface area contributed by atoms with E-state index in [-0.39, 0.29) is 30.2 Å². The normalized spacial score (nSPS) is 14.7. The summed E-state index contributed by atoms with van der Waals surface area (Å²) in [7, 11) is 0.